The van der Waals surface area contributed by atoms with Crippen LogP contribution in [-0.2, 0) is 0 Å². The third kappa shape index (κ3) is 3.09. The first kappa shape index (κ1) is 18.2. The lowest BCUT2D eigenvalue weighted by atomic mass is 10.1. The van der Waals surface area contributed by atoms with E-state index in [-0.39, 0.29) is 17.1 Å². The SMILES string of the molecule is Cc1nn2c(nnc3c(=O)n(C4CCCCCC4)cnc32)c1-c1ccc(Cl)cc1. The maximum absolute atomic E-state index is 13.1. The van der Waals surface area contributed by atoms with E-state index in [4.69, 9.17) is 11.6 Å². The summed E-state index contributed by atoms with van der Waals surface area (Å²) in [6.45, 7) is 1.91. The number of aromatic nitrogens is 6. The molecule has 1 aliphatic rings. The molecule has 148 valence electrons. The predicted octanol–water partition coefficient (Wildman–Crippen LogP) is 4.36. The first-order chi connectivity index (χ1) is 14.1. The molecule has 8 heteroatoms. The van der Waals surface area contributed by atoms with Gasteiger partial charge in [-0.1, -0.05) is 49.4 Å². The van der Waals surface area contributed by atoms with E-state index >= 15 is 0 Å². The standard InChI is InChI=1S/C21H21ClN6O/c1-13-17(14-8-10-15(22)11-9-14)19-25-24-18-20(28(19)26-13)23-12-27(21(18)29)16-6-4-2-3-5-7-16/h8-12,16H,2-7H2,1H3. The van der Waals surface area contributed by atoms with Gasteiger partial charge in [-0.25, -0.2) is 4.98 Å². The van der Waals surface area contributed by atoms with Crippen molar-refractivity contribution in [2.45, 2.75) is 51.5 Å². The van der Waals surface area contributed by atoms with Crippen LogP contribution in [0, 0.1) is 6.92 Å². The Bertz CT molecular complexity index is 1250. The Hall–Kier alpha value is -2.80. The monoisotopic (exact) mass is 408 g/mol. The first-order valence-electron chi connectivity index (χ1n) is 10.0. The first-order valence-corrected chi connectivity index (χ1v) is 10.4. The van der Waals surface area contributed by atoms with Gasteiger partial charge in [0.25, 0.3) is 5.56 Å². The van der Waals surface area contributed by atoms with Crippen LogP contribution in [0.5, 0.6) is 0 Å². The molecule has 0 bridgehead atoms. The number of nitrogens with zero attached hydrogens (tertiary/aromatic N) is 6. The number of rotatable bonds is 2. The second kappa shape index (κ2) is 7.22. The summed E-state index contributed by atoms with van der Waals surface area (Å²) in [6, 6.07) is 7.70. The van der Waals surface area contributed by atoms with E-state index < -0.39 is 0 Å². The summed E-state index contributed by atoms with van der Waals surface area (Å²) < 4.78 is 3.37. The average molecular weight is 409 g/mol. The molecule has 0 N–H and O–H groups in total. The lowest BCUT2D eigenvalue weighted by molar-refractivity contribution is 0.429. The lowest BCUT2D eigenvalue weighted by Gasteiger charge is -2.17. The summed E-state index contributed by atoms with van der Waals surface area (Å²) in [5, 5.41) is 13.9. The Morgan fingerprint density at radius 3 is 2.45 bits per heavy atom. The predicted molar refractivity (Wildman–Crippen MR) is 112 cm³/mol. The van der Waals surface area contributed by atoms with Crippen LogP contribution in [-0.4, -0.2) is 29.4 Å². The summed E-state index contributed by atoms with van der Waals surface area (Å²) in [5.41, 5.74) is 3.74. The molecule has 1 aromatic carbocycles. The Kier molecular flexibility index (Phi) is 4.54. The minimum atomic E-state index is -0.141. The summed E-state index contributed by atoms with van der Waals surface area (Å²) in [7, 11) is 0. The molecule has 1 aliphatic carbocycles. The number of hydrogen-bond donors (Lipinski definition) is 0. The zero-order valence-electron chi connectivity index (χ0n) is 16.2. The zero-order valence-corrected chi connectivity index (χ0v) is 16.9. The van der Waals surface area contributed by atoms with E-state index in [0.717, 1.165) is 42.5 Å². The number of hydrogen-bond acceptors (Lipinski definition) is 5. The molecule has 0 saturated heterocycles. The van der Waals surface area contributed by atoms with Gasteiger partial charge in [0, 0.05) is 11.1 Å². The van der Waals surface area contributed by atoms with E-state index in [1.807, 2.05) is 31.2 Å². The quantitative estimate of drug-likeness (QED) is 0.460. The van der Waals surface area contributed by atoms with Crippen molar-refractivity contribution in [2.75, 3.05) is 0 Å². The molecule has 5 rings (SSSR count). The molecular weight excluding hydrogens is 388 g/mol. The van der Waals surface area contributed by atoms with Crippen LogP contribution in [0.2, 0.25) is 5.02 Å². The molecule has 29 heavy (non-hydrogen) atoms. The highest BCUT2D eigenvalue weighted by molar-refractivity contribution is 6.30. The maximum Gasteiger partial charge on any atom is 0.283 e. The van der Waals surface area contributed by atoms with Crippen molar-refractivity contribution in [3.05, 3.63) is 51.7 Å². The van der Waals surface area contributed by atoms with E-state index in [2.05, 4.69) is 20.3 Å². The summed E-state index contributed by atoms with van der Waals surface area (Å²) >= 11 is 6.02. The molecule has 1 fully saturated rings. The second-order valence-electron chi connectivity index (χ2n) is 7.68. The molecule has 4 aromatic rings. The fourth-order valence-electron chi connectivity index (χ4n) is 4.29. The normalized spacial score (nSPS) is 15.8. The van der Waals surface area contributed by atoms with Crippen molar-refractivity contribution < 1.29 is 0 Å². The molecule has 0 unspecified atom stereocenters. The average Bonchev–Trinajstić information content (AvgIpc) is 2.89. The molecule has 0 spiro atoms. The van der Waals surface area contributed by atoms with E-state index in [1.165, 1.54) is 12.8 Å². The summed E-state index contributed by atoms with van der Waals surface area (Å²) in [4.78, 5) is 17.7. The molecule has 1 saturated carbocycles. The molecule has 0 radical (unpaired) electrons. The van der Waals surface area contributed by atoms with E-state index in [0.29, 0.717) is 16.3 Å². The lowest BCUT2D eigenvalue weighted by Crippen LogP contribution is -2.26. The van der Waals surface area contributed by atoms with Crippen LogP contribution in [0.1, 0.15) is 50.3 Å². The van der Waals surface area contributed by atoms with Gasteiger partial charge in [0.1, 0.15) is 6.33 Å². The number of halogens is 1. The highest BCUT2D eigenvalue weighted by Gasteiger charge is 2.21. The van der Waals surface area contributed by atoms with Crippen molar-refractivity contribution in [2.24, 2.45) is 0 Å². The minimum absolute atomic E-state index is 0.141. The van der Waals surface area contributed by atoms with Gasteiger partial charge in [-0.2, -0.15) is 9.61 Å². The van der Waals surface area contributed by atoms with E-state index in [9.17, 15) is 4.79 Å². The fraction of sp³-hybridized carbons (Fsp3) is 0.381. The summed E-state index contributed by atoms with van der Waals surface area (Å²) in [6.07, 6.45) is 8.40. The topological polar surface area (TPSA) is 78.0 Å². The van der Waals surface area contributed by atoms with Gasteiger partial charge < -0.3 is 0 Å². The third-order valence-electron chi connectivity index (χ3n) is 5.79. The van der Waals surface area contributed by atoms with Crippen molar-refractivity contribution in [3.63, 3.8) is 0 Å². The van der Waals surface area contributed by atoms with Gasteiger partial charge in [-0.3, -0.25) is 9.36 Å². The molecule has 0 aliphatic heterocycles. The van der Waals surface area contributed by atoms with Gasteiger partial charge in [-0.05, 0) is 37.5 Å². The Morgan fingerprint density at radius 2 is 1.72 bits per heavy atom. The fourth-order valence-corrected chi connectivity index (χ4v) is 4.42. The van der Waals surface area contributed by atoms with Gasteiger partial charge in [0.2, 0.25) is 0 Å². The van der Waals surface area contributed by atoms with Crippen molar-refractivity contribution >= 4 is 28.4 Å². The third-order valence-corrected chi connectivity index (χ3v) is 6.04. The van der Waals surface area contributed by atoms with Crippen molar-refractivity contribution in [1.29, 1.82) is 0 Å². The molecular formula is C21H21ClN6O. The highest BCUT2D eigenvalue weighted by Crippen LogP contribution is 2.29. The molecule has 0 atom stereocenters. The van der Waals surface area contributed by atoms with Crippen molar-refractivity contribution in [3.8, 4) is 11.1 Å². The molecule has 7 nitrogen and oxygen atoms in total. The van der Waals surface area contributed by atoms with Crippen LogP contribution in [0.25, 0.3) is 27.9 Å². The van der Waals surface area contributed by atoms with Crippen LogP contribution < -0.4 is 5.56 Å². The smallest absolute Gasteiger partial charge is 0.283 e. The minimum Gasteiger partial charge on any atom is -0.294 e. The Morgan fingerprint density at radius 1 is 1.00 bits per heavy atom. The highest BCUT2D eigenvalue weighted by atomic mass is 35.5. The number of benzene rings is 1. The molecule has 3 aromatic heterocycles. The van der Waals surface area contributed by atoms with Gasteiger partial charge in [0.05, 0.1) is 11.3 Å². The zero-order chi connectivity index (χ0) is 20.0. The largest absolute Gasteiger partial charge is 0.294 e. The number of aryl methyl sites for hydroxylation is 1. The second-order valence-corrected chi connectivity index (χ2v) is 8.11. The van der Waals surface area contributed by atoms with Crippen LogP contribution in [0.3, 0.4) is 0 Å². The van der Waals surface area contributed by atoms with Crippen molar-refractivity contribution in [1.82, 2.24) is 29.4 Å². The van der Waals surface area contributed by atoms with Crippen LogP contribution in [0.15, 0.2) is 35.4 Å². The Labute approximate surface area is 172 Å². The Balaban J connectivity index is 1.68. The molecule has 0 amide bonds. The van der Waals surface area contributed by atoms with Crippen LogP contribution in [0.4, 0.5) is 0 Å². The van der Waals surface area contributed by atoms with E-state index in [1.54, 1.807) is 15.4 Å². The molecule has 3 heterocycles. The summed E-state index contributed by atoms with van der Waals surface area (Å²) in [5.74, 6) is 0. The van der Waals surface area contributed by atoms with Gasteiger partial charge >= 0.3 is 0 Å². The van der Waals surface area contributed by atoms with Gasteiger partial charge in [-0.15, -0.1) is 10.2 Å². The van der Waals surface area contributed by atoms with Crippen LogP contribution >= 0.6 is 11.6 Å². The number of fused-ring (bicyclic) bond motifs is 3. The van der Waals surface area contributed by atoms with Gasteiger partial charge in [0.15, 0.2) is 16.8 Å². The maximum atomic E-state index is 13.1.